The van der Waals surface area contributed by atoms with E-state index in [1.54, 1.807) is 6.08 Å². The molecule has 1 unspecified atom stereocenters. The van der Waals surface area contributed by atoms with Gasteiger partial charge in [0, 0.05) is 38.0 Å². The highest BCUT2D eigenvalue weighted by Gasteiger charge is 2.35. The maximum absolute atomic E-state index is 13.5. The summed E-state index contributed by atoms with van der Waals surface area (Å²) in [6.45, 7) is 4.15. The average molecular weight is 435 g/mol. The van der Waals surface area contributed by atoms with Crippen LogP contribution in [0.5, 0.6) is 0 Å². The van der Waals surface area contributed by atoms with Crippen molar-refractivity contribution in [2.75, 3.05) is 19.6 Å². The smallest absolute Gasteiger partial charge is 0.246 e. The summed E-state index contributed by atoms with van der Waals surface area (Å²) in [6.07, 6.45) is 10.1. The molecule has 4 rings (SSSR count). The Labute approximate surface area is 191 Å². The lowest BCUT2D eigenvalue weighted by Gasteiger charge is -2.36. The third-order valence-electron chi connectivity index (χ3n) is 6.77. The molecule has 2 saturated heterocycles. The summed E-state index contributed by atoms with van der Waals surface area (Å²) in [6, 6.07) is 14.0. The van der Waals surface area contributed by atoms with Gasteiger partial charge < -0.3 is 14.2 Å². The molecule has 0 bridgehead atoms. The number of carbonyl (C=O) groups is 2. The molecule has 2 aliphatic rings. The number of hydrogen-bond donors (Lipinski definition) is 0. The maximum Gasteiger partial charge on any atom is 0.246 e. The van der Waals surface area contributed by atoms with Crippen molar-refractivity contribution in [3.8, 4) is 0 Å². The quantitative estimate of drug-likeness (QED) is 0.605. The molecule has 0 saturated carbocycles. The van der Waals surface area contributed by atoms with Crippen LogP contribution in [0, 0.1) is 5.92 Å². The van der Waals surface area contributed by atoms with Crippen molar-refractivity contribution in [3.05, 3.63) is 65.6 Å². The van der Waals surface area contributed by atoms with Crippen LogP contribution >= 0.6 is 0 Å². The van der Waals surface area contributed by atoms with E-state index in [1.165, 1.54) is 0 Å². The first-order valence-corrected chi connectivity index (χ1v) is 12.1. The molecule has 2 amide bonds. The number of nitrogens with zero attached hydrogens (tertiary/aromatic N) is 2. The van der Waals surface area contributed by atoms with Crippen molar-refractivity contribution in [1.29, 1.82) is 0 Å². The standard InChI is InChI=1S/C27H34N2O3/c1-2-23-13-14-25(32-23)24-11-7-4-8-18-29(24)27(31)22-16-19-28(20-17-22)26(30)15-12-21-9-5-3-6-10-21/h3,5-6,9-10,12-15,22,24H,2,4,7-8,11,16-20H2,1H3/b15-12+. The number of carbonyl (C=O) groups excluding carboxylic acids is 2. The van der Waals surface area contributed by atoms with Crippen LogP contribution in [-0.4, -0.2) is 41.2 Å². The first kappa shape index (κ1) is 22.4. The summed E-state index contributed by atoms with van der Waals surface area (Å²) in [7, 11) is 0. The fraction of sp³-hybridized carbons (Fsp3) is 0.481. The molecule has 1 aromatic heterocycles. The Morgan fingerprint density at radius 3 is 2.47 bits per heavy atom. The van der Waals surface area contributed by atoms with Crippen molar-refractivity contribution >= 4 is 17.9 Å². The van der Waals surface area contributed by atoms with Crippen LogP contribution in [0.4, 0.5) is 0 Å². The van der Waals surface area contributed by atoms with Crippen LogP contribution in [0.2, 0.25) is 0 Å². The van der Waals surface area contributed by atoms with E-state index in [0.29, 0.717) is 13.1 Å². The van der Waals surface area contributed by atoms with Crippen molar-refractivity contribution in [2.45, 2.75) is 57.9 Å². The number of amides is 2. The zero-order valence-corrected chi connectivity index (χ0v) is 19.0. The lowest BCUT2D eigenvalue weighted by molar-refractivity contribution is -0.142. The van der Waals surface area contributed by atoms with Crippen LogP contribution in [0.15, 0.2) is 53.0 Å². The van der Waals surface area contributed by atoms with Gasteiger partial charge in [-0.2, -0.15) is 0 Å². The van der Waals surface area contributed by atoms with E-state index in [2.05, 4.69) is 17.9 Å². The normalized spacial score (nSPS) is 20.5. The number of hydrogen-bond acceptors (Lipinski definition) is 3. The Kier molecular flexibility index (Phi) is 7.46. The molecule has 1 atom stereocenters. The number of rotatable bonds is 5. The van der Waals surface area contributed by atoms with Crippen molar-refractivity contribution in [2.24, 2.45) is 5.92 Å². The van der Waals surface area contributed by atoms with Crippen LogP contribution in [0.1, 0.15) is 68.6 Å². The predicted molar refractivity (Wildman–Crippen MR) is 126 cm³/mol. The Balaban J connectivity index is 1.37. The summed E-state index contributed by atoms with van der Waals surface area (Å²) in [5.74, 6) is 2.15. The van der Waals surface area contributed by atoms with Gasteiger partial charge in [0.1, 0.15) is 11.5 Å². The van der Waals surface area contributed by atoms with E-state index in [1.807, 2.05) is 47.4 Å². The Morgan fingerprint density at radius 1 is 0.969 bits per heavy atom. The van der Waals surface area contributed by atoms with E-state index in [4.69, 9.17) is 4.42 Å². The van der Waals surface area contributed by atoms with Gasteiger partial charge >= 0.3 is 0 Å². The van der Waals surface area contributed by atoms with E-state index in [0.717, 1.165) is 68.6 Å². The summed E-state index contributed by atoms with van der Waals surface area (Å²) >= 11 is 0. The van der Waals surface area contributed by atoms with E-state index in [-0.39, 0.29) is 23.8 Å². The molecular formula is C27H34N2O3. The second-order valence-electron chi connectivity index (χ2n) is 8.90. The molecule has 0 N–H and O–H groups in total. The average Bonchev–Trinajstić information content (AvgIpc) is 3.19. The van der Waals surface area contributed by atoms with E-state index in [9.17, 15) is 9.59 Å². The van der Waals surface area contributed by atoms with Crippen LogP contribution in [-0.2, 0) is 16.0 Å². The highest BCUT2D eigenvalue weighted by atomic mass is 16.3. The molecule has 2 aromatic rings. The van der Waals surface area contributed by atoms with Gasteiger partial charge in [-0.15, -0.1) is 0 Å². The van der Waals surface area contributed by atoms with Crippen molar-refractivity contribution < 1.29 is 14.0 Å². The molecule has 3 heterocycles. The van der Waals surface area contributed by atoms with Crippen molar-refractivity contribution in [1.82, 2.24) is 9.80 Å². The number of furan rings is 1. The molecular weight excluding hydrogens is 400 g/mol. The van der Waals surface area contributed by atoms with Gasteiger partial charge in [0.05, 0.1) is 6.04 Å². The highest BCUT2D eigenvalue weighted by molar-refractivity contribution is 5.92. The molecule has 32 heavy (non-hydrogen) atoms. The first-order chi connectivity index (χ1) is 15.7. The lowest BCUT2D eigenvalue weighted by atomic mass is 9.94. The molecule has 0 spiro atoms. The van der Waals surface area contributed by atoms with E-state index < -0.39 is 0 Å². The zero-order chi connectivity index (χ0) is 22.3. The molecule has 2 aliphatic heterocycles. The third-order valence-corrected chi connectivity index (χ3v) is 6.77. The van der Waals surface area contributed by atoms with Gasteiger partial charge in [-0.05, 0) is 49.5 Å². The number of piperidine rings is 1. The molecule has 2 fully saturated rings. The SMILES string of the molecule is CCc1ccc(C2CCCCCN2C(=O)C2CCN(C(=O)/C=C/c3ccccc3)CC2)o1. The molecule has 0 radical (unpaired) electrons. The first-order valence-electron chi connectivity index (χ1n) is 12.1. The highest BCUT2D eigenvalue weighted by Crippen LogP contribution is 2.34. The van der Waals surface area contributed by atoms with Crippen LogP contribution < -0.4 is 0 Å². The Morgan fingerprint density at radius 2 is 1.75 bits per heavy atom. The summed E-state index contributed by atoms with van der Waals surface area (Å²) in [4.78, 5) is 30.1. The van der Waals surface area contributed by atoms with Gasteiger partial charge in [0.25, 0.3) is 0 Å². The summed E-state index contributed by atoms with van der Waals surface area (Å²) in [5, 5.41) is 0. The number of likely N-dealkylation sites (tertiary alicyclic amines) is 2. The minimum atomic E-state index is -0.0154. The maximum atomic E-state index is 13.5. The van der Waals surface area contributed by atoms with Crippen LogP contribution in [0.25, 0.3) is 6.08 Å². The molecule has 5 heteroatoms. The van der Waals surface area contributed by atoms with Gasteiger partial charge in [-0.1, -0.05) is 50.1 Å². The summed E-state index contributed by atoms with van der Waals surface area (Å²) < 4.78 is 6.05. The number of aryl methyl sites for hydroxylation is 1. The monoisotopic (exact) mass is 434 g/mol. The van der Waals surface area contributed by atoms with Gasteiger partial charge in [-0.3, -0.25) is 9.59 Å². The number of benzene rings is 1. The Hall–Kier alpha value is -2.82. The largest absolute Gasteiger partial charge is 0.464 e. The van der Waals surface area contributed by atoms with Gasteiger partial charge in [-0.25, -0.2) is 0 Å². The molecule has 170 valence electrons. The zero-order valence-electron chi connectivity index (χ0n) is 19.0. The summed E-state index contributed by atoms with van der Waals surface area (Å²) in [5.41, 5.74) is 1.02. The second kappa shape index (κ2) is 10.7. The molecule has 1 aromatic carbocycles. The fourth-order valence-electron chi connectivity index (χ4n) is 4.85. The lowest BCUT2D eigenvalue weighted by Crippen LogP contribution is -2.45. The van der Waals surface area contributed by atoms with Gasteiger partial charge in [0.15, 0.2) is 0 Å². The van der Waals surface area contributed by atoms with Crippen molar-refractivity contribution in [3.63, 3.8) is 0 Å². The molecule has 5 nitrogen and oxygen atoms in total. The third kappa shape index (κ3) is 5.32. The van der Waals surface area contributed by atoms with Crippen LogP contribution in [0.3, 0.4) is 0 Å². The van der Waals surface area contributed by atoms with Gasteiger partial charge in [0.2, 0.25) is 11.8 Å². The second-order valence-corrected chi connectivity index (χ2v) is 8.90. The Bertz CT molecular complexity index is 925. The topological polar surface area (TPSA) is 53.8 Å². The molecule has 0 aliphatic carbocycles. The van der Waals surface area contributed by atoms with E-state index >= 15 is 0 Å². The minimum absolute atomic E-state index is 0.0154. The minimum Gasteiger partial charge on any atom is -0.464 e. The fourth-order valence-corrected chi connectivity index (χ4v) is 4.85. The predicted octanol–water partition coefficient (Wildman–Crippen LogP) is 5.24.